The average molecular weight is 436 g/mol. The first-order valence-electron chi connectivity index (χ1n) is 9.36. The average Bonchev–Trinajstić information content (AvgIpc) is 2.73. The standard InChI is InChI=1S/C21H22ClNO5S/c1-15-5-6-17(13-20(15)29(26,27)23-11-3-2-4-12-23)21(25)28-14-19(24)16-7-9-18(22)10-8-16/h5-10,13H,2-4,11-12,14H2,1H3. The molecule has 0 radical (unpaired) electrons. The third-order valence-corrected chi connectivity index (χ3v) is 7.15. The molecule has 154 valence electrons. The van der Waals surface area contributed by atoms with Gasteiger partial charge < -0.3 is 4.74 Å². The molecule has 0 aliphatic carbocycles. The number of benzene rings is 2. The molecule has 8 heteroatoms. The number of ether oxygens (including phenoxy) is 1. The van der Waals surface area contributed by atoms with E-state index in [4.69, 9.17) is 16.3 Å². The molecule has 1 aliphatic heterocycles. The van der Waals surface area contributed by atoms with Crippen molar-refractivity contribution < 1.29 is 22.7 Å². The largest absolute Gasteiger partial charge is 0.454 e. The molecule has 0 spiro atoms. The first-order valence-corrected chi connectivity index (χ1v) is 11.2. The molecule has 29 heavy (non-hydrogen) atoms. The summed E-state index contributed by atoms with van der Waals surface area (Å²) in [7, 11) is -3.68. The third kappa shape index (κ3) is 5.04. The lowest BCUT2D eigenvalue weighted by Crippen LogP contribution is -2.36. The summed E-state index contributed by atoms with van der Waals surface area (Å²) in [5, 5.41) is 0.501. The third-order valence-electron chi connectivity index (χ3n) is 4.86. The van der Waals surface area contributed by atoms with E-state index < -0.39 is 22.6 Å². The highest BCUT2D eigenvalue weighted by Crippen LogP contribution is 2.24. The van der Waals surface area contributed by atoms with Gasteiger partial charge >= 0.3 is 5.97 Å². The van der Waals surface area contributed by atoms with E-state index in [0.717, 1.165) is 19.3 Å². The van der Waals surface area contributed by atoms with E-state index in [1.165, 1.54) is 16.4 Å². The van der Waals surface area contributed by atoms with Crippen molar-refractivity contribution >= 4 is 33.4 Å². The predicted molar refractivity (Wildman–Crippen MR) is 110 cm³/mol. The lowest BCUT2D eigenvalue weighted by molar-refractivity contribution is 0.0474. The van der Waals surface area contributed by atoms with Crippen LogP contribution in [0.2, 0.25) is 5.02 Å². The van der Waals surface area contributed by atoms with Crippen LogP contribution in [0.3, 0.4) is 0 Å². The quantitative estimate of drug-likeness (QED) is 0.508. The van der Waals surface area contributed by atoms with Crippen molar-refractivity contribution in [1.29, 1.82) is 0 Å². The molecule has 0 aromatic heterocycles. The van der Waals surface area contributed by atoms with Crippen molar-refractivity contribution in [2.24, 2.45) is 0 Å². The summed E-state index contributed by atoms with van der Waals surface area (Å²) < 4.78 is 32.5. The van der Waals surface area contributed by atoms with Crippen LogP contribution in [-0.4, -0.2) is 44.2 Å². The molecule has 6 nitrogen and oxygen atoms in total. The van der Waals surface area contributed by atoms with E-state index in [-0.39, 0.29) is 16.2 Å². The van der Waals surface area contributed by atoms with Crippen molar-refractivity contribution in [3.63, 3.8) is 0 Å². The van der Waals surface area contributed by atoms with Gasteiger partial charge in [-0.3, -0.25) is 4.79 Å². The fraction of sp³-hybridized carbons (Fsp3) is 0.333. The SMILES string of the molecule is Cc1ccc(C(=O)OCC(=O)c2ccc(Cl)cc2)cc1S(=O)(=O)N1CCCCC1. The lowest BCUT2D eigenvalue weighted by atomic mass is 10.1. The first kappa shape index (κ1) is 21.5. The van der Waals surface area contributed by atoms with Gasteiger partial charge in [-0.1, -0.05) is 24.1 Å². The van der Waals surface area contributed by atoms with Gasteiger partial charge in [0.25, 0.3) is 0 Å². The van der Waals surface area contributed by atoms with Crippen LogP contribution in [0, 0.1) is 6.92 Å². The number of carbonyl (C=O) groups is 2. The monoisotopic (exact) mass is 435 g/mol. The molecule has 0 amide bonds. The Balaban J connectivity index is 1.73. The summed E-state index contributed by atoms with van der Waals surface area (Å²) in [4.78, 5) is 24.6. The number of ketones is 1. The van der Waals surface area contributed by atoms with Gasteiger partial charge in [-0.2, -0.15) is 4.31 Å². The highest BCUT2D eigenvalue weighted by Gasteiger charge is 2.28. The number of piperidine rings is 1. The molecular formula is C21H22ClNO5S. The maximum atomic E-state index is 13.0. The fourth-order valence-corrected chi connectivity index (χ4v) is 5.08. The number of halogens is 1. The van der Waals surface area contributed by atoms with E-state index in [9.17, 15) is 18.0 Å². The Morgan fingerprint density at radius 3 is 2.28 bits per heavy atom. The summed E-state index contributed by atoms with van der Waals surface area (Å²) in [5.41, 5.74) is 1.03. The van der Waals surface area contributed by atoms with Crippen molar-refractivity contribution in [2.75, 3.05) is 19.7 Å². The number of aryl methyl sites for hydroxylation is 1. The Morgan fingerprint density at radius 1 is 1.00 bits per heavy atom. The van der Waals surface area contributed by atoms with E-state index in [2.05, 4.69) is 0 Å². The molecule has 1 fully saturated rings. The minimum absolute atomic E-state index is 0.0927. The fourth-order valence-electron chi connectivity index (χ4n) is 3.18. The van der Waals surface area contributed by atoms with Gasteiger partial charge in [0.15, 0.2) is 12.4 Å². The van der Waals surface area contributed by atoms with E-state index >= 15 is 0 Å². The number of hydrogen-bond acceptors (Lipinski definition) is 5. The Morgan fingerprint density at radius 2 is 1.62 bits per heavy atom. The summed E-state index contributed by atoms with van der Waals surface area (Å²) in [6.07, 6.45) is 2.67. The van der Waals surface area contributed by atoms with Crippen LogP contribution in [0.4, 0.5) is 0 Å². The highest BCUT2D eigenvalue weighted by atomic mass is 35.5. The molecular weight excluding hydrogens is 414 g/mol. The van der Waals surface area contributed by atoms with Crippen LogP contribution in [-0.2, 0) is 14.8 Å². The zero-order chi connectivity index (χ0) is 21.0. The summed E-state index contributed by atoms with van der Waals surface area (Å²) >= 11 is 5.80. The minimum atomic E-state index is -3.68. The highest BCUT2D eigenvalue weighted by molar-refractivity contribution is 7.89. The number of rotatable bonds is 6. The zero-order valence-corrected chi connectivity index (χ0v) is 17.6. The van der Waals surface area contributed by atoms with Crippen molar-refractivity contribution in [3.8, 4) is 0 Å². The second kappa shape index (κ2) is 9.07. The van der Waals surface area contributed by atoms with Gasteiger partial charge in [-0.15, -0.1) is 0 Å². The zero-order valence-electron chi connectivity index (χ0n) is 16.1. The second-order valence-electron chi connectivity index (χ2n) is 6.95. The van der Waals surface area contributed by atoms with Gasteiger partial charge in [0.05, 0.1) is 10.5 Å². The van der Waals surface area contributed by atoms with Crippen LogP contribution in [0.1, 0.15) is 45.5 Å². The molecule has 2 aromatic carbocycles. The number of nitrogens with zero attached hydrogens (tertiary/aromatic N) is 1. The summed E-state index contributed by atoms with van der Waals surface area (Å²) in [6.45, 7) is 2.20. The van der Waals surface area contributed by atoms with Crippen molar-refractivity contribution in [1.82, 2.24) is 4.31 Å². The number of esters is 1. The van der Waals surface area contributed by atoms with Crippen LogP contribution in [0.15, 0.2) is 47.4 Å². The maximum absolute atomic E-state index is 13.0. The topological polar surface area (TPSA) is 80.8 Å². The normalized spacial score (nSPS) is 15.1. The van der Waals surface area contributed by atoms with Gasteiger partial charge in [0.1, 0.15) is 0 Å². The molecule has 1 saturated heterocycles. The number of Topliss-reactive ketones (excluding diaryl/α,β-unsaturated/α-hetero) is 1. The number of hydrogen-bond donors (Lipinski definition) is 0. The van der Waals surface area contributed by atoms with E-state index in [1.54, 1.807) is 37.3 Å². The van der Waals surface area contributed by atoms with Crippen molar-refractivity contribution in [2.45, 2.75) is 31.1 Å². The Labute approximate surface area is 175 Å². The predicted octanol–water partition coefficient (Wildman–Crippen LogP) is 3.86. The molecule has 3 rings (SSSR count). The Hall–Kier alpha value is -2.22. The second-order valence-corrected chi connectivity index (χ2v) is 9.29. The van der Waals surface area contributed by atoms with Crippen LogP contribution in [0.5, 0.6) is 0 Å². The molecule has 1 aliphatic rings. The Bertz CT molecular complexity index is 1010. The van der Waals surface area contributed by atoms with Gasteiger partial charge in [0, 0.05) is 23.7 Å². The lowest BCUT2D eigenvalue weighted by Gasteiger charge is -2.26. The maximum Gasteiger partial charge on any atom is 0.338 e. The molecule has 0 atom stereocenters. The van der Waals surface area contributed by atoms with E-state index in [0.29, 0.717) is 29.2 Å². The molecule has 0 unspecified atom stereocenters. The van der Waals surface area contributed by atoms with Gasteiger partial charge in [-0.25, -0.2) is 13.2 Å². The number of carbonyl (C=O) groups excluding carboxylic acids is 2. The Kier molecular flexibility index (Phi) is 6.72. The van der Waals surface area contributed by atoms with Gasteiger partial charge in [0.2, 0.25) is 10.0 Å². The molecule has 1 heterocycles. The summed E-state index contributed by atoms with van der Waals surface area (Å²) in [6, 6.07) is 10.7. The molecule has 0 N–H and O–H groups in total. The molecule has 0 saturated carbocycles. The van der Waals surface area contributed by atoms with Gasteiger partial charge in [-0.05, 0) is 61.7 Å². The first-order chi connectivity index (χ1) is 13.8. The molecule has 0 bridgehead atoms. The molecule has 2 aromatic rings. The number of sulfonamides is 1. The van der Waals surface area contributed by atoms with Crippen LogP contribution < -0.4 is 0 Å². The minimum Gasteiger partial charge on any atom is -0.454 e. The van der Waals surface area contributed by atoms with Crippen LogP contribution >= 0.6 is 11.6 Å². The summed E-state index contributed by atoms with van der Waals surface area (Å²) in [5.74, 6) is -1.12. The van der Waals surface area contributed by atoms with E-state index in [1.807, 2.05) is 0 Å². The van der Waals surface area contributed by atoms with Crippen LogP contribution in [0.25, 0.3) is 0 Å². The smallest absolute Gasteiger partial charge is 0.338 e. The van der Waals surface area contributed by atoms with Crippen molar-refractivity contribution in [3.05, 3.63) is 64.2 Å².